The van der Waals surface area contributed by atoms with Crippen molar-refractivity contribution in [1.82, 2.24) is 0 Å². The van der Waals surface area contributed by atoms with Gasteiger partial charge in [-0.05, 0) is 91.1 Å². The Bertz CT molecular complexity index is 1120. The molecule has 0 N–H and O–H groups in total. The second-order valence-corrected chi connectivity index (χ2v) is 10.2. The summed E-state index contributed by atoms with van der Waals surface area (Å²) in [6, 6.07) is 18.7. The lowest BCUT2D eigenvalue weighted by Crippen LogP contribution is -2.13. The number of halogens is 1. The molecule has 0 nitrogen and oxygen atoms in total. The quantitative estimate of drug-likeness (QED) is 0.235. The van der Waals surface area contributed by atoms with E-state index in [1.165, 1.54) is 50.5 Å². The maximum atomic E-state index is 14.9. The summed E-state index contributed by atoms with van der Waals surface area (Å²) in [5, 5.41) is 1.63. The fourth-order valence-corrected chi connectivity index (χ4v) is 5.43. The highest BCUT2D eigenvalue weighted by molar-refractivity contribution is 5.85. The molecule has 0 spiro atoms. The third kappa shape index (κ3) is 6.29. The van der Waals surface area contributed by atoms with Crippen molar-refractivity contribution in [1.29, 1.82) is 0 Å². The van der Waals surface area contributed by atoms with Gasteiger partial charge in [0.25, 0.3) is 0 Å². The smallest absolute Gasteiger partial charge is 0.134 e. The van der Waals surface area contributed by atoms with Gasteiger partial charge in [0.05, 0.1) is 0 Å². The molecular formula is C33H39F. The predicted octanol–water partition coefficient (Wildman–Crippen LogP) is 9.58. The summed E-state index contributed by atoms with van der Waals surface area (Å²) in [6.45, 7) is 4.47. The summed E-state index contributed by atoms with van der Waals surface area (Å²) in [4.78, 5) is 0. The van der Waals surface area contributed by atoms with Gasteiger partial charge in [-0.25, -0.2) is 4.39 Å². The number of rotatable bonds is 8. The van der Waals surface area contributed by atoms with Gasteiger partial charge in [0.2, 0.25) is 0 Å². The number of aryl methyl sites for hydroxylation is 1. The lowest BCUT2D eigenvalue weighted by atomic mass is 9.77. The highest BCUT2D eigenvalue weighted by Crippen LogP contribution is 2.37. The molecule has 1 aliphatic rings. The molecule has 1 saturated carbocycles. The van der Waals surface area contributed by atoms with Gasteiger partial charge < -0.3 is 0 Å². The lowest BCUT2D eigenvalue weighted by Gasteiger charge is -2.28. The van der Waals surface area contributed by atoms with E-state index >= 15 is 0 Å². The van der Waals surface area contributed by atoms with Crippen molar-refractivity contribution in [3.8, 4) is 11.8 Å². The van der Waals surface area contributed by atoms with Gasteiger partial charge in [0.15, 0.2) is 0 Å². The van der Waals surface area contributed by atoms with Crippen molar-refractivity contribution in [3.63, 3.8) is 0 Å². The van der Waals surface area contributed by atoms with E-state index in [9.17, 15) is 4.39 Å². The molecule has 0 saturated heterocycles. The van der Waals surface area contributed by atoms with Gasteiger partial charge in [-0.3, -0.25) is 0 Å². The molecule has 0 radical (unpaired) electrons. The molecule has 0 aliphatic heterocycles. The minimum atomic E-state index is -0.0666. The largest absolute Gasteiger partial charge is 0.206 e. The van der Waals surface area contributed by atoms with Crippen LogP contribution in [0, 0.1) is 23.6 Å². The number of hydrogen-bond donors (Lipinski definition) is 0. The Labute approximate surface area is 206 Å². The molecule has 0 atom stereocenters. The van der Waals surface area contributed by atoms with Crippen molar-refractivity contribution >= 4 is 10.8 Å². The van der Waals surface area contributed by atoms with E-state index < -0.39 is 0 Å². The molecule has 0 unspecified atom stereocenters. The average Bonchev–Trinajstić information content (AvgIpc) is 2.88. The van der Waals surface area contributed by atoms with Crippen molar-refractivity contribution in [2.24, 2.45) is 5.92 Å². The Morgan fingerprint density at radius 3 is 2.21 bits per heavy atom. The minimum Gasteiger partial charge on any atom is -0.206 e. The monoisotopic (exact) mass is 454 g/mol. The Kier molecular flexibility index (Phi) is 8.81. The molecular weight excluding hydrogens is 415 g/mol. The molecule has 1 aliphatic carbocycles. The van der Waals surface area contributed by atoms with Gasteiger partial charge in [0, 0.05) is 16.5 Å². The summed E-state index contributed by atoms with van der Waals surface area (Å²) in [6.07, 6.45) is 13.7. The first-order valence-electron chi connectivity index (χ1n) is 13.5. The molecule has 34 heavy (non-hydrogen) atoms. The zero-order valence-corrected chi connectivity index (χ0v) is 21.0. The number of benzene rings is 3. The van der Waals surface area contributed by atoms with E-state index in [1.54, 1.807) is 0 Å². The molecule has 4 rings (SSSR count). The Balaban J connectivity index is 1.39. The summed E-state index contributed by atoms with van der Waals surface area (Å²) in [5.41, 5.74) is 4.27. The van der Waals surface area contributed by atoms with E-state index in [0.29, 0.717) is 11.3 Å². The maximum absolute atomic E-state index is 14.9. The van der Waals surface area contributed by atoms with Gasteiger partial charge in [-0.2, -0.15) is 0 Å². The van der Waals surface area contributed by atoms with Crippen LogP contribution in [0.4, 0.5) is 4.39 Å². The molecule has 0 heterocycles. The third-order valence-corrected chi connectivity index (χ3v) is 7.63. The third-order valence-electron chi connectivity index (χ3n) is 7.63. The standard InChI is InChI=1S/C33H39F/c1-3-5-7-9-30-21-22-31-24-27(16-23-32(31)33(30)34)11-10-26-14-19-29(20-15-26)28-17-12-25(13-18-28)8-6-4-2/h14-16,19-25,28H,3-9,12-13,17-18H2,1-2H3. The Morgan fingerprint density at radius 2 is 1.47 bits per heavy atom. The Morgan fingerprint density at radius 1 is 0.765 bits per heavy atom. The van der Waals surface area contributed by atoms with Crippen LogP contribution in [0.15, 0.2) is 54.6 Å². The van der Waals surface area contributed by atoms with Crippen molar-refractivity contribution < 1.29 is 4.39 Å². The van der Waals surface area contributed by atoms with Crippen molar-refractivity contribution in [3.05, 3.63) is 82.7 Å². The van der Waals surface area contributed by atoms with Gasteiger partial charge in [0.1, 0.15) is 5.82 Å². The molecule has 3 aromatic carbocycles. The normalized spacial score (nSPS) is 18.0. The number of fused-ring (bicyclic) bond motifs is 1. The molecule has 0 bridgehead atoms. The summed E-state index contributed by atoms with van der Waals surface area (Å²) in [7, 11) is 0. The van der Waals surface area contributed by atoms with E-state index in [1.807, 2.05) is 30.3 Å². The van der Waals surface area contributed by atoms with Crippen LogP contribution in [0.5, 0.6) is 0 Å². The van der Waals surface area contributed by atoms with Crippen LogP contribution in [-0.4, -0.2) is 0 Å². The average molecular weight is 455 g/mol. The topological polar surface area (TPSA) is 0 Å². The zero-order chi connectivity index (χ0) is 23.8. The molecule has 1 heteroatoms. The van der Waals surface area contributed by atoms with Crippen LogP contribution >= 0.6 is 0 Å². The molecule has 0 aromatic heterocycles. The fraction of sp³-hybridized carbons (Fsp3) is 0.455. The van der Waals surface area contributed by atoms with E-state index in [-0.39, 0.29) is 5.82 Å². The van der Waals surface area contributed by atoms with Gasteiger partial charge >= 0.3 is 0 Å². The summed E-state index contributed by atoms with van der Waals surface area (Å²) < 4.78 is 14.9. The first-order valence-corrected chi connectivity index (χ1v) is 13.5. The molecule has 3 aromatic rings. The van der Waals surface area contributed by atoms with Crippen molar-refractivity contribution in [2.45, 2.75) is 90.4 Å². The highest BCUT2D eigenvalue weighted by atomic mass is 19.1. The fourth-order valence-electron chi connectivity index (χ4n) is 5.43. The van der Waals surface area contributed by atoms with E-state index in [2.05, 4.69) is 50.0 Å². The summed E-state index contributed by atoms with van der Waals surface area (Å²) in [5.74, 6) is 8.18. The minimum absolute atomic E-state index is 0.0666. The van der Waals surface area contributed by atoms with Crippen LogP contribution in [-0.2, 0) is 6.42 Å². The van der Waals surface area contributed by atoms with Crippen LogP contribution in [0.3, 0.4) is 0 Å². The van der Waals surface area contributed by atoms with Gasteiger partial charge in [-0.15, -0.1) is 0 Å². The van der Waals surface area contributed by atoms with Gasteiger partial charge in [-0.1, -0.05) is 88.1 Å². The molecule has 0 amide bonds. The number of hydrogen-bond acceptors (Lipinski definition) is 0. The molecule has 178 valence electrons. The second-order valence-electron chi connectivity index (χ2n) is 10.2. The van der Waals surface area contributed by atoms with Crippen molar-refractivity contribution in [2.75, 3.05) is 0 Å². The highest BCUT2D eigenvalue weighted by Gasteiger charge is 2.21. The first kappa shape index (κ1) is 24.5. The second kappa shape index (κ2) is 12.2. The predicted molar refractivity (Wildman–Crippen MR) is 144 cm³/mol. The summed E-state index contributed by atoms with van der Waals surface area (Å²) >= 11 is 0. The molecule has 1 fully saturated rings. The Hall–Kier alpha value is -2.59. The van der Waals surface area contributed by atoms with Crippen LogP contribution < -0.4 is 0 Å². The van der Waals surface area contributed by atoms with E-state index in [4.69, 9.17) is 0 Å². The lowest BCUT2D eigenvalue weighted by molar-refractivity contribution is 0.304. The van der Waals surface area contributed by atoms with Crippen LogP contribution in [0.2, 0.25) is 0 Å². The zero-order valence-electron chi connectivity index (χ0n) is 21.0. The van der Waals surface area contributed by atoms with E-state index in [0.717, 1.165) is 53.7 Å². The first-order chi connectivity index (χ1) is 16.7. The SMILES string of the molecule is CCCCCc1ccc2cc(C#Cc3ccc(C4CCC(CCCC)CC4)cc3)ccc2c1F. The van der Waals surface area contributed by atoms with Crippen LogP contribution in [0.25, 0.3) is 10.8 Å². The van der Waals surface area contributed by atoms with Crippen LogP contribution in [0.1, 0.15) is 106 Å². The number of unbranched alkanes of at least 4 members (excludes halogenated alkanes) is 3. The maximum Gasteiger partial charge on any atom is 0.134 e.